The Morgan fingerprint density at radius 1 is 1.39 bits per heavy atom. The second-order valence-electron chi connectivity index (χ2n) is 4.15. The van der Waals surface area contributed by atoms with Gasteiger partial charge in [0, 0.05) is 19.3 Å². The van der Waals surface area contributed by atoms with Crippen molar-refractivity contribution in [1.29, 1.82) is 0 Å². The van der Waals surface area contributed by atoms with Crippen LogP contribution in [0.5, 0.6) is 0 Å². The van der Waals surface area contributed by atoms with E-state index in [4.69, 9.17) is 5.73 Å². The Hall–Kier alpha value is -1.28. The van der Waals surface area contributed by atoms with E-state index in [-0.39, 0.29) is 27.4 Å². The number of sulfone groups is 1. The second kappa shape index (κ2) is 5.15. The molecule has 0 fully saturated rings. The molecule has 4 N–H and O–H groups in total. The average molecular weight is 291 g/mol. The van der Waals surface area contributed by atoms with E-state index in [1.54, 1.807) is 0 Å². The van der Waals surface area contributed by atoms with E-state index in [0.717, 1.165) is 17.6 Å². The van der Waals surface area contributed by atoms with Gasteiger partial charge in [0.15, 0.2) is 9.84 Å². The van der Waals surface area contributed by atoms with Gasteiger partial charge in [-0.25, -0.2) is 8.42 Å². The summed E-state index contributed by atoms with van der Waals surface area (Å²) in [7, 11) is -2.02. The molecule has 0 atom stereocenters. The predicted molar refractivity (Wildman–Crippen MR) is 74.0 cm³/mol. The normalized spacial score (nSPS) is 11.6. The molecule has 6 nitrogen and oxygen atoms in total. The number of thiophene rings is 1. The third-order valence-corrected chi connectivity index (χ3v) is 4.55. The van der Waals surface area contributed by atoms with Gasteiger partial charge in [-0.05, 0) is 13.8 Å². The van der Waals surface area contributed by atoms with Gasteiger partial charge in [0.25, 0.3) is 5.91 Å². The molecule has 0 spiro atoms. The maximum atomic E-state index is 11.7. The molecule has 1 aromatic heterocycles. The minimum Gasteiger partial charge on any atom is -0.396 e. The standard InChI is InChI=1S/C10H17N3O3S2/c1-5(2)13-10-8(18(4,15)16)6(11)7(17-10)9(14)12-3/h5,13H,11H2,1-4H3,(H,12,14). The molecule has 0 saturated carbocycles. The lowest BCUT2D eigenvalue weighted by molar-refractivity contribution is 0.0968. The molecule has 1 amide bonds. The van der Waals surface area contributed by atoms with Gasteiger partial charge in [-0.3, -0.25) is 4.79 Å². The molecule has 0 aliphatic rings. The van der Waals surface area contributed by atoms with Crippen LogP contribution in [0, 0.1) is 0 Å². The summed E-state index contributed by atoms with van der Waals surface area (Å²) in [5.41, 5.74) is 5.78. The lowest BCUT2D eigenvalue weighted by Crippen LogP contribution is -2.18. The van der Waals surface area contributed by atoms with Crippen LogP contribution in [0.15, 0.2) is 4.90 Å². The van der Waals surface area contributed by atoms with Crippen molar-refractivity contribution in [3.8, 4) is 0 Å². The number of rotatable bonds is 4. The Kier molecular flexibility index (Phi) is 4.23. The van der Waals surface area contributed by atoms with Gasteiger partial charge in [-0.2, -0.15) is 0 Å². The molecule has 102 valence electrons. The number of nitrogens with one attached hydrogen (secondary N) is 2. The minimum absolute atomic E-state index is 0.000185. The fourth-order valence-corrected chi connectivity index (χ4v) is 4.09. The van der Waals surface area contributed by atoms with Gasteiger partial charge in [0.2, 0.25) is 0 Å². The van der Waals surface area contributed by atoms with Crippen LogP contribution in [-0.2, 0) is 9.84 Å². The molecular weight excluding hydrogens is 274 g/mol. The van der Waals surface area contributed by atoms with Crippen LogP contribution in [0.25, 0.3) is 0 Å². The summed E-state index contributed by atoms with van der Waals surface area (Å²) in [6, 6.07) is 0.0427. The van der Waals surface area contributed by atoms with Crippen LogP contribution in [0.1, 0.15) is 23.5 Å². The number of hydrogen-bond acceptors (Lipinski definition) is 6. The summed E-state index contributed by atoms with van der Waals surface area (Å²) >= 11 is 1.05. The predicted octanol–water partition coefficient (Wildman–Crippen LogP) is 0.914. The van der Waals surface area contributed by atoms with Crippen LogP contribution in [0.3, 0.4) is 0 Å². The van der Waals surface area contributed by atoms with Crippen molar-refractivity contribution < 1.29 is 13.2 Å². The van der Waals surface area contributed by atoms with Crippen molar-refractivity contribution in [3.05, 3.63) is 4.88 Å². The maximum Gasteiger partial charge on any atom is 0.263 e. The highest BCUT2D eigenvalue weighted by atomic mass is 32.2. The second-order valence-corrected chi connectivity index (χ2v) is 7.13. The zero-order chi connectivity index (χ0) is 14.1. The lowest BCUT2D eigenvalue weighted by Gasteiger charge is -2.09. The summed E-state index contributed by atoms with van der Waals surface area (Å²) < 4.78 is 23.5. The van der Waals surface area contributed by atoms with E-state index < -0.39 is 9.84 Å². The van der Waals surface area contributed by atoms with Crippen molar-refractivity contribution in [2.24, 2.45) is 0 Å². The maximum absolute atomic E-state index is 11.7. The summed E-state index contributed by atoms with van der Waals surface area (Å²) in [6.45, 7) is 3.75. The van der Waals surface area contributed by atoms with Crippen LogP contribution < -0.4 is 16.4 Å². The Morgan fingerprint density at radius 3 is 2.33 bits per heavy atom. The summed E-state index contributed by atoms with van der Waals surface area (Å²) in [5.74, 6) is -0.390. The van der Waals surface area contributed by atoms with Crippen LogP contribution in [0.2, 0.25) is 0 Å². The minimum atomic E-state index is -3.49. The smallest absolute Gasteiger partial charge is 0.263 e. The van der Waals surface area contributed by atoms with Crippen LogP contribution in [-0.4, -0.2) is 33.7 Å². The fraction of sp³-hybridized carbons (Fsp3) is 0.500. The van der Waals surface area contributed by atoms with Crippen molar-refractivity contribution in [2.45, 2.75) is 24.8 Å². The van der Waals surface area contributed by atoms with Crippen molar-refractivity contribution in [2.75, 3.05) is 24.4 Å². The first-order valence-electron chi connectivity index (χ1n) is 5.29. The van der Waals surface area contributed by atoms with Crippen molar-refractivity contribution in [3.63, 3.8) is 0 Å². The van der Waals surface area contributed by atoms with Crippen LogP contribution >= 0.6 is 11.3 Å². The van der Waals surface area contributed by atoms with Gasteiger partial charge in [-0.15, -0.1) is 11.3 Å². The number of carbonyl (C=O) groups is 1. The lowest BCUT2D eigenvalue weighted by atomic mass is 10.3. The third kappa shape index (κ3) is 2.94. The molecule has 0 bridgehead atoms. The topological polar surface area (TPSA) is 101 Å². The summed E-state index contributed by atoms with van der Waals surface area (Å²) in [5, 5.41) is 5.84. The number of carbonyl (C=O) groups excluding carboxylic acids is 1. The number of anilines is 2. The van der Waals surface area contributed by atoms with E-state index in [9.17, 15) is 13.2 Å². The fourth-order valence-electron chi connectivity index (χ4n) is 1.44. The molecule has 1 rings (SSSR count). The molecule has 0 radical (unpaired) electrons. The molecule has 1 aromatic rings. The molecule has 0 aromatic carbocycles. The molecular formula is C10H17N3O3S2. The molecule has 1 heterocycles. The highest BCUT2D eigenvalue weighted by molar-refractivity contribution is 7.91. The quantitative estimate of drug-likeness (QED) is 0.765. The highest BCUT2D eigenvalue weighted by Crippen LogP contribution is 2.39. The van der Waals surface area contributed by atoms with E-state index in [1.807, 2.05) is 13.8 Å². The number of nitrogen functional groups attached to an aromatic ring is 1. The molecule has 18 heavy (non-hydrogen) atoms. The average Bonchev–Trinajstić information content (AvgIpc) is 2.52. The Bertz CT molecular complexity index is 561. The van der Waals surface area contributed by atoms with Gasteiger partial charge in [0.1, 0.15) is 14.8 Å². The summed E-state index contributed by atoms with van der Waals surface area (Å²) in [4.78, 5) is 11.8. The highest BCUT2D eigenvalue weighted by Gasteiger charge is 2.26. The first-order chi connectivity index (χ1) is 8.18. The zero-order valence-corrected chi connectivity index (χ0v) is 12.3. The zero-order valence-electron chi connectivity index (χ0n) is 10.7. The van der Waals surface area contributed by atoms with Gasteiger partial charge >= 0.3 is 0 Å². The molecule has 0 aliphatic carbocycles. The first kappa shape index (κ1) is 14.8. The van der Waals surface area contributed by atoms with E-state index in [0.29, 0.717) is 5.00 Å². The SMILES string of the molecule is CNC(=O)c1sc(NC(C)C)c(S(C)(=O)=O)c1N. The van der Waals surface area contributed by atoms with E-state index in [2.05, 4.69) is 10.6 Å². The molecule has 0 saturated heterocycles. The van der Waals surface area contributed by atoms with E-state index in [1.165, 1.54) is 7.05 Å². The largest absolute Gasteiger partial charge is 0.396 e. The molecule has 0 unspecified atom stereocenters. The van der Waals surface area contributed by atoms with Gasteiger partial charge in [-0.1, -0.05) is 0 Å². The molecule has 8 heteroatoms. The summed E-state index contributed by atoms with van der Waals surface area (Å²) in [6.07, 6.45) is 1.07. The third-order valence-electron chi connectivity index (χ3n) is 2.12. The number of nitrogens with two attached hydrogens (primary N) is 1. The molecule has 0 aliphatic heterocycles. The number of hydrogen-bond donors (Lipinski definition) is 3. The van der Waals surface area contributed by atoms with E-state index >= 15 is 0 Å². The first-order valence-corrected chi connectivity index (χ1v) is 8.00. The van der Waals surface area contributed by atoms with Crippen molar-refractivity contribution >= 4 is 37.8 Å². The Labute approximate surface area is 110 Å². The van der Waals surface area contributed by atoms with Crippen LogP contribution in [0.4, 0.5) is 10.7 Å². The number of amides is 1. The Morgan fingerprint density at radius 2 is 1.94 bits per heavy atom. The van der Waals surface area contributed by atoms with Gasteiger partial charge in [0.05, 0.1) is 5.69 Å². The van der Waals surface area contributed by atoms with Crippen molar-refractivity contribution in [1.82, 2.24) is 5.32 Å². The Balaban J connectivity index is 3.46. The monoisotopic (exact) mass is 291 g/mol. The van der Waals surface area contributed by atoms with Gasteiger partial charge < -0.3 is 16.4 Å².